The van der Waals surface area contributed by atoms with Gasteiger partial charge in [-0.15, -0.1) is 0 Å². The minimum absolute atomic E-state index is 0.0251. The first-order valence-corrected chi connectivity index (χ1v) is 10.7. The van der Waals surface area contributed by atoms with E-state index in [4.69, 9.17) is 9.57 Å². The maximum Gasteiger partial charge on any atom is 0.338 e. The first-order valence-electron chi connectivity index (χ1n) is 9.22. The molecule has 0 radical (unpaired) electrons. The van der Waals surface area contributed by atoms with Crippen molar-refractivity contribution in [2.24, 2.45) is 0 Å². The Balaban J connectivity index is 2.09. The molecule has 1 aromatic carbocycles. The van der Waals surface area contributed by atoms with Gasteiger partial charge in [0.2, 0.25) is 0 Å². The first-order chi connectivity index (χ1) is 13.6. The van der Waals surface area contributed by atoms with E-state index >= 15 is 0 Å². The van der Waals surface area contributed by atoms with Crippen LogP contribution in [0.4, 0.5) is 0 Å². The standard InChI is InChI=1S/C19H25N3O6S/c1-14(17(23)21-19(13-20)10-5-4-6-11-19)28-18(24)15-8-7-9-16(12-15)29(25,26)22(2)27-3/h7-9,12,14H,4-6,10-11H2,1-3H3,(H,21,23)/t14-/m0/s1. The van der Waals surface area contributed by atoms with Crippen molar-refractivity contribution in [3.8, 4) is 6.07 Å². The minimum atomic E-state index is -3.93. The molecule has 1 atom stereocenters. The molecule has 1 aliphatic carbocycles. The van der Waals surface area contributed by atoms with Crippen molar-refractivity contribution >= 4 is 21.9 Å². The van der Waals surface area contributed by atoms with Crippen LogP contribution in [0.3, 0.4) is 0 Å². The fraction of sp³-hybridized carbons (Fsp3) is 0.526. The molecule has 0 unspecified atom stereocenters. The number of sulfonamides is 1. The molecule has 0 saturated heterocycles. The van der Waals surface area contributed by atoms with Gasteiger partial charge in [0, 0.05) is 7.05 Å². The van der Waals surface area contributed by atoms with Crippen molar-refractivity contribution in [3.05, 3.63) is 29.8 Å². The number of esters is 1. The molecule has 9 nitrogen and oxygen atoms in total. The van der Waals surface area contributed by atoms with E-state index in [1.807, 2.05) is 0 Å². The SMILES string of the molecule is CON(C)S(=O)(=O)c1cccc(C(=O)O[C@@H](C)C(=O)NC2(C#N)CCCCC2)c1. The van der Waals surface area contributed by atoms with Gasteiger partial charge in [-0.25, -0.2) is 13.2 Å². The van der Waals surface area contributed by atoms with Crippen LogP contribution in [0.25, 0.3) is 0 Å². The lowest BCUT2D eigenvalue weighted by Gasteiger charge is -2.32. The summed E-state index contributed by atoms with van der Waals surface area (Å²) in [7, 11) is -1.50. The van der Waals surface area contributed by atoms with Gasteiger partial charge in [-0.2, -0.15) is 5.26 Å². The third-order valence-electron chi connectivity index (χ3n) is 4.90. The summed E-state index contributed by atoms with van der Waals surface area (Å²) < 4.78 is 30.5. The molecule has 1 saturated carbocycles. The first kappa shape index (κ1) is 22.8. The van der Waals surface area contributed by atoms with Crippen LogP contribution in [0.2, 0.25) is 0 Å². The fourth-order valence-corrected chi connectivity index (χ4v) is 4.09. The summed E-state index contributed by atoms with van der Waals surface area (Å²) in [6.45, 7) is 1.40. The molecule has 0 bridgehead atoms. The number of ether oxygens (including phenoxy) is 1. The molecule has 29 heavy (non-hydrogen) atoms. The zero-order valence-corrected chi connectivity index (χ0v) is 17.5. The highest BCUT2D eigenvalue weighted by Crippen LogP contribution is 2.27. The van der Waals surface area contributed by atoms with E-state index in [1.54, 1.807) is 0 Å². The summed E-state index contributed by atoms with van der Waals surface area (Å²) in [4.78, 5) is 29.4. The van der Waals surface area contributed by atoms with Gasteiger partial charge in [0.15, 0.2) is 6.10 Å². The molecule has 10 heteroatoms. The topological polar surface area (TPSA) is 126 Å². The van der Waals surface area contributed by atoms with Crippen LogP contribution < -0.4 is 5.32 Å². The Labute approximate surface area is 170 Å². The van der Waals surface area contributed by atoms with E-state index in [0.29, 0.717) is 17.3 Å². The molecule has 1 aromatic rings. The Morgan fingerprint density at radius 1 is 1.28 bits per heavy atom. The van der Waals surface area contributed by atoms with Gasteiger partial charge in [-0.3, -0.25) is 9.63 Å². The molecule has 2 rings (SSSR count). The van der Waals surface area contributed by atoms with E-state index < -0.39 is 33.5 Å². The van der Waals surface area contributed by atoms with Gasteiger partial charge >= 0.3 is 5.97 Å². The normalized spacial score (nSPS) is 17.2. The summed E-state index contributed by atoms with van der Waals surface area (Å²) in [5, 5.41) is 12.2. The lowest BCUT2D eigenvalue weighted by molar-refractivity contribution is -0.130. The average molecular weight is 423 g/mol. The number of carbonyl (C=O) groups excluding carboxylic acids is 2. The van der Waals surface area contributed by atoms with Crippen LogP contribution in [0.5, 0.6) is 0 Å². The number of hydrogen-bond acceptors (Lipinski definition) is 7. The maximum absolute atomic E-state index is 12.4. The molecule has 1 aliphatic rings. The molecule has 1 fully saturated rings. The zero-order chi connectivity index (χ0) is 21.7. The number of hydrogen-bond donors (Lipinski definition) is 1. The summed E-state index contributed by atoms with van der Waals surface area (Å²) in [6, 6.07) is 7.42. The monoisotopic (exact) mass is 423 g/mol. The van der Waals surface area contributed by atoms with Crippen molar-refractivity contribution in [2.45, 2.75) is 55.6 Å². The molecule has 0 aliphatic heterocycles. The second-order valence-corrected chi connectivity index (χ2v) is 8.85. The summed E-state index contributed by atoms with van der Waals surface area (Å²) in [5.74, 6) is -1.41. The number of nitriles is 1. The van der Waals surface area contributed by atoms with Crippen LogP contribution in [0.15, 0.2) is 29.2 Å². The van der Waals surface area contributed by atoms with Crippen molar-refractivity contribution in [1.82, 2.24) is 9.79 Å². The number of nitrogens with one attached hydrogen (secondary N) is 1. The van der Waals surface area contributed by atoms with E-state index in [2.05, 4.69) is 11.4 Å². The van der Waals surface area contributed by atoms with Gasteiger partial charge < -0.3 is 10.1 Å². The predicted molar refractivity (Wildman–Crippen MR) is 103 cm³/mol. The Morgan fingerprint density at radius 2 is 1.93 bits per heavy atom. The van der Waals surface area contributed by atoms with Crippen molar-refractivity contribution in [3.63, 3.8) is 0 Å². The lowest BCUT2D eigenvalue weighted by atomic mass is 9.83. The fourth-order valence-electron chi connectivity index (χ4n) is 3.07. The van der Waals surface area contributed by atoms with Crippen LogP contribution in [0.1, 0.15) is 49.4 Å². The number of hydroxylamine groups is 1. The molecule has 0 heterocycles. The zero-order valence-electron chi connectivity index (χ0n) is 16.7. The highest BCUT2D eigenvalue weighted by molar-refractivity contribution is 7.89. The molecule has 0 aromatic heterocycles. The molecule has 1 N–H and O–H groups in total. The van der Waals surface area contributed by atoms with Gasteiger partial charge in [-0.05, 0) is 38.0 Å². The molecular formula is C19H25N3O6S. The quantitative estimate of drug-likeness (QED) is 0.523. The Kier molecular flexibility index (Phi) is 7.35. The average Bonchev–Trinajstić information content (AvgIpc) is 2.73. The van der Waals surface area contributed by atoms with Crippen molar-refractivity contribution in [2.75, 3.05) is 14.2 Å². The second-order valence-electron chi connectivity index (χ2n) is 6.92. The van der Waals surface area contributed by atoms with Gasteiger partial charge in [0.05, 0.1) is 23.6 Å². The van der Waals surface area contributed by atoms with Crippen molar-refractivity contribution in [1.29, 1.82) is 5.26 Å². The van der Waals surface area contributed by atoms with E-state index in [0.717, 1.165) is 25.3 Å². The Bertz CT molecular complexity index is 903. The summed E-state index contributed by atoms with van der Waals surface area (Å²) >= 11 is 0. The molecule has 1 amide bonds. The number of amides is 1. The van der Waals surface area contributed by atoms with E-state index in [9.17, 15) is 23.3 Å². The van der Waals surface area contributed by atoms with Crippen LogP contribution in [0, 0.1) is 11.3 Å². The predicted octanol–water partition coefficient (Wildman–Crippen LogP) is 1.76. The molecule has 0 spiro atoms. The maximum atomic E-state index is 12.4. The van der Waals surface area contributed by atoms with Crippen molar-refractivity contribution < 1.29 is 27.6 Å². The van der Waals surface area contributed by atoms with E-state index in [1.165, 1.54) is 39.3 Å². The van der Waals surface area contributed by atoms with Crippen LogP contribution in [-0.4, -0.2) is 50.6 Å². The number of rotatable bonds is 7. The number of carbonyl (C=O) groups is 2. The summed E-state index contributed by atoms with van der Waals surface area (Å²) in [6.07, 6.45) is 2.68. The van der Waals surface area contributed by atoms with Crippen LogP contribution in [-0.2, 0) is 24.4 Å². The van der Waals surface area contributed by atoms with Gasteiger partial charge in [0.1, 0.15) is 5.54 Å². The largest absolute Gasteiger partial charge is 0.449 e. The van der Waals surface area contributed by atoms with Gasteiger partial charge in [-0.1, -0.05) is 29.8 Å². The minimum Gasteiger partial charge on any atom is -0.449 e. The van der Waals surface area contributed by atoms with Gasteiger partial charge in [0.25, 0.3) is 15.9 Å². The smallest absolute Gasteiger partial charge is 0.338 e. The van der Waals surface area contributed by atoms with Crippen LogP contribution >= 0.6 is 0 Å². The Morgan fingerprint density at radius 3 is 2.52 bits per heavy atom. The molecular weight excluding hydrogens is 398 g/mol. The highest BCUT2D eigenvalue weighted by atomic mass is 32.2. The number of benzene rings is 1. The van der Waals surface area contributed by atoms with E-state index in [-0.39, 0.29) is 10.5 Å². The summed E-state index contributed by atoms with van der Waals surface area (Å²) in [5.41, 5.74) is -0.961. The third kappa shape index (κ3) is 5.32. The molecule has 158 valence electrons. The third-order valence-corrected chi connectivity index (χ3v) is 6.58. The lowest BCUT2D eigenvalue weighted by Crippen LogP contribution is -2.52. The number of nitrogens with zero attached hydrogens (tertiary/aromatic N) is 2. The Hall–Kier alpha value is -2.48. The second kappa shape index (κ2) is 9.35. The highest BCUT2D eigenvalue weighted by Gasteiger charge is 2.35.